The summed E-state index contributed by atoms with van der Waals surface area (Å²) in [4.78, 5) is 4.99. The van der Waals surface area contributed by atoms with Gasteiger partial charge in [0, 0.05) is 26.2 Å². The van der Waals surface area contributed by atoms with E-state index in [0.717, 1.165) is 50.1 Å². The molecule has 1 saturated heterocycles. The van der Waals surface area contributed by atoms with E-state index >= 15 is 0 Å². The number of para-hydroxylation sites is 1. The van der Waals surface area contributed by atoms with Gasteiger partial charge in [0.05, 0.1) is 5.52 Å². The first-order chi connectivity index (χ1) is 10.2. The molecule has 2 aromatic rings. The Hall–Kier alpha value is -1.46. The fourth-order valence-electron chi connectivity index (χ4n) is 3.53. The average Bonchev–Trinajstić information content (AvgIpc) is 2.96. The first-order valence-corrected chi connectivity index (χ1v) is 7.96. The number of aromatic nitrogens is 3. The molecule has 0 spiro atoms. The number of fused-ring (bicyclic) bond motifs is 1. The van der Waals surface area contributed by atoms with Crippen LogP contribution in [0.2, 0.25) is 0 Å². The van der Waals surface area contributed by atoms with Gasteiger partial charge in [-0.3, -0.25) is 4.90 Å². The summed E-state index contributed by atoms with van der Waals surface area (Å²) in [5.74, 6) is 0. The Morgan fingerprint density at radius 1 is 1.05 bits per heavy atom. The zero-order valence-electron chi connectivity index (χ0n) is 13.3. The van der Waals surface area contributed by atoms with Gasteiger partial charge >= 0.3 is 0 Å². The summed E-state index contributed by atoms with van der Waals surface area (Å²) < 4.78 is 2.16. The van der Waals surface area contributed by atoms with Gasteiger partial charge < -0.3 is 4.90 Å². The lowest BCUT2D eigenvalue weighted by Crippen LogP contribution is -2.57. The van der Waals surface area contributed by atoms with Crippen molar-refractivity contribution in [1.29, 1.82) is 0 Å². The Labute approximate surface area is 126 Å². The molecule has 0 atom stereocenters. The fraction of sp³-hybridized carbons (Fsp3) is 0.625. The topological polar surface area (TPSA) is 37.2 Å². The summed E-state index contributed by atoms with van der Waals surface area (Å²) in [6, 6.07) is 8.27. The standard InChI is InChI=1S/C16H25N5/c1-4-16(5-2,20-12-10-19(3)11-13-20)21-15-9-7-6-8-14(15)17-18-21/h6-9H,4-5,10-13H2,1-3H3. The summed E-state index contributed by atoms with van der Waals surface area (Å²) in [7, 11) is 2.20. The fourth-order valence-corrected chi connectivity index (χ4v) is 3.53. The van der Waals surface area contributed by atoms with E-state index in [1.54, 1.807) is 0 Å². The van der Waals surface area contributed by atoms with Crippen LogP contribution in [0.3, 0.4) is 0 Å². The quantitative estimate of drug-likeness (QED) is 0.863. The summed E-state index contributed by atoms with van der Waals surface area (Å²) in [5.41, 5.74) is 2.07. The molecule has 0 unspecified atom stereocenters. The predicted octanol–water partition coefficient (Wildman–Crippen LogP) is 2.15. The molecule has 5 nitrogen and oxygen atoms in total. The number of piperazine rings is 1. The molecular weight excluding hydrogens is 262 g/mol. The minimum Gasteiger partial charge on any atom is -0.304 e. The molecule has 0 radical (unpaired) electrons. The summed E-state index contributed by atoms with van der Waals surface area (Å²) in [5, 5.41) is 8.88. The van der Waals surface area contributed by atoms with E-state index in [4.69, 9.17) is 0 Å². The molecule has 3 rings (SSSR count). The van der Waals surface area contributed by atoms with Gasteiger partial charge in [0.1, 0.15) is 11.2 Å². The van der Waals surface area contributed by atoms with Gasteiger partial charge in [-0.2, -0.15) is 0 Å². The molecule has 0 saturated carbocycles. The van der Waals surface area contributed by atoms with Gasteiger partial charge in [-0.05, 0) is 32.0 Å². The molecule has 114 valence electrons. The van der Waals surface area contributed by atoms with Crippen molar-refractivity contribution in [2.45, 2.75) is 32.4 Å². The van der Waals surface area contributed by atoms with Crippen molar-refractivity contribution < 1.29 is 0 Å². The van der Waals surface area contributed by atoms with Gasteiger partial charge in [-0.1, -0.05) is 31.2 Å². The molecule has 21 heavy (non-hydrogen) atoms. The smallest absolute Gasteiger partial charge is 0.117 e. The summed E-state index contributed by atoms with van der Waals surface area (Å²) in [6.07, 6.45) is 2.08. The third-order valence-electron chi connectivity index (χ3n) is 4.97. The second kappa shape index (κ2) is 5.73. The Bertz CT molecular complexity index is 593. The molecule has 5 heteroatoms. The highest BCUT2D eigenvalue weighted by atomic mass is 15.5. The number of nitrogens with zero attached hydrogens (tertiary/aromatic N) is 5. The Morgan fingerprint density at radius 3 is 2.38 bits per heavy atom. The van der Waals surface area contributed by atoms with Crippen LogP contribution >= 0.6 is 0 Å². The SMILES string of the molecule is CCC(CC)(N1CCN(C)CC1)n1nnc2ccccc21. The molecular formula is C16H25N5. The lowest BCUT2D eigenvalue weighted by atomic mass is 9.99. The number of hydrogen-bond acceptors (Lipinski definition) is 4. The van der Waals surface area contributed by atoms with Crippen LogP contribution in [-0.2, 0) is 5.66 Å². The summed E-state index contributed by atoms with van der Waals surface area (Å²) in [6.45, 7) is 8.94. The van der Waals surface area contributed by atoms with Crippen molar-refractivity contribution in [3.05, 3.63) is 24.3 Å². The normalized spacial score (nSPS) is 18.4. The number of rotatable bonds is 4. The van der Waals surface area contributed by atoms with Gasteiger partial charge in [-0.25, -0.2) is 4.68 Å². The summed E-state index contributed by atoms with van der Waals surface area (Å²) >= 11 is 0. The monoisotopic (exact) mass is 287 g/mol. The lowest BCUT2D eigenvalue weighted by Gasteiger charge is -2.46. The van der Waals surface area contributed by atoms with E-state index in [2.05, 4.69) is 57.8 Å². The first kappa shape index (κ1) is 14.5. The molecule has 1 aliphatic heterocycles. The minimum atomic E-state index is -0.0582. The zero-order chi connectivity index (χ0) is 14.9. The van der Waals surface area contributed by atoms with Crippen LogP contribution in [0.25, 0.3) is 11.0 Å². The van der Waals surface area contributed by atoms with E-state index < -0.39 is 0 Å². The van der Waals surface area contributed by atoms with Gasteiger partial charge in [0.15, 0.2) is 0 Å². The van der Waals surface area contributed by atoms with E-state index in [9.17, 15) is 0 Å². The maximum atomic E-state index is 4.52. The zero-order valence-corrected chi connectivity index (χ0v) is 13.3. The van der Waals surface area contributed by atoms with Crippen molar-refractivity contribution in [1.82, 2.24) is 24.8 Å². The maximum Gasteiger partial charge on any atom is 0.117 e. The van der Waals surface area contributed by atoms with Crippen LogP contribution in [0, 0.1) is 0 Å². The third kappa shape index (κ3) is 2.34. The Kier molecular flexibility index (Phi) is 3.95. The van der Waals surface area contributed by atoms with E-state index in [-0.39, 0.29) is 5.66 Å². The predicted molar refractivity (Wildman–Crippen MR) is 85.2 cm³/mol. The van der Waals surface area contributed by atoms with Crippen molar-refractivity contribution in [3.8, 4) is 0 Å². The van der Waals surface area contributed by atoms with E-state index in [1.165, 1.54) is 0 Å². The van der Waals surface area contributed by atoms with Crippen molar-refractivity contribution in [3.63, 3.8) is 0 Å². The van der Waals surface area contributed by atoms with Crippen molar-refractivity contribution in [2.24, 2.45) is 0 Å². The van der Waals surface area contributed by atoms with Crippen LogP contribution in [0.1, 0.15) is 26.7 Å². The minimum absolute atomic E-state index is 0.0582. The second-order valence-electron chi connectivity index (χ2n) is 5.97. The van der Waals surface area contributed by atoms with Gasteiger partial charge in [-0.15, -0.1) is 5.10 Å². The second-order valence-corrected chi connectivity index (χ2v) is 5.97. The van der Waals surface area contributed by atoms with Crippen LogP contribution in [0.15, 0.2) is 24.3 Å². The highest BCUT2D eigenvalue weighted by molar-refractivity contribution is 5.74. The molecule has 0 aliphatic carbocycles. The molecule has 0 bridgehead atoms. The highest BCUT2D eigenvalue weighted by Crippen LogP contribution is 2.32. The first-order valence-electron chi connectivity index (χ1n) is 7.96. The lowest BCUT2D eigenvalue weighted by molar-refractivity contribution is -0.0288. The molecule has 0 N–H and O–H groups in total. The van der Waals surface area contributed by atoms with E-state index in [0.29, 0.717) is 0 Å². The van der Waals surface area contributed by atoms with Gasteiger partial charge in [0.2, 0.25) is 0 Å². The third-order valence-corrected chi connectivity index (χ3v) is 4.97. The molecule has 0 amide bonds. The van der Waals surface area contributed by atoms with Gasteiger partial charge in [0.25, 0.3) is 0 Å². The van der Waals surface area contributed by atoms with E-state index in [1.807, 2.05) is 12.1 Å². The Morgan fingerprint density at radius 2 is 1.71 bits per heavy atom. The molecule has 1 aliphatic rings. The largest absolute Gasteiger partial charge is 0.304 e. The van der Waals surface area contributed by atoms with Crippen LogP contribution in [0.4, 0.5) is 0 Å². The van der Waals surface area contributed by atoms with Crippen molar-refractivity contribution >= 4 is 11.0 Å². The van der Waals surface area contributed by atoms with Crippen LogP contribution in [-0.4, -0.2) is 58.0 Å². The maximum absolute atomic E-state index is 4.52. The Balaban J connectivity index is 2.04. The van der Waals surface area contributed by atoms with Crippen molar-refractivity contribution in [2.75, 3.05) is 33.2 Å². The molecule has 1 aromatic carbocycles. The van der Waals surface area contributed by atoms with Crippen LogP contribution < -0.4 is 0 Å². The van der Waals surface area contributed by atoms with Crippen LogP contribution in [0.5, 0.6) is 0 Å². The molecule has 2 heterocycles. The molecule has 1 aromatic heterocycles. The number of hydrogen-bond donors (Lipinski definition) is 0. The molecule has 1 fully saturated rings. The number of benzene rings is 1. The number of likely N-dealkylation sites (N-methyl/N-ethyl adjacent to an activating group) is 1. The highest BCUT2D eigenvalue weighted by Gasteiger charge is 2.38. The average molecular weight is 287 g/mol.